The molecular weight excluding hydrogens is 396 g/mol. The van der Waals surface area contributed by atoms with Gasteiger partial charge >= 0.3 is 0 Å². The Hall–Kier alpha value is -2.51. The molecule has 8 heteroatoms. The van der Waals surface area contributed by atoms with E-state index in [0.29, 0.717) is 28.2 Å². The number of para-hydroxylation sites is 2. The van der Waals surface area contributed by atoms with E-state index in [1.807, 2.05) is 54.8 Å². The molecular formula is C20H21ClN4O2S. The molecule has 2 aromatic carbocycles. The molecule has 0 aliphatic heterocycles. The van der Waals surface area contributed by atoms with Crippen molar-refractivity contribution >= 4 is 35.0 Å². The quantitative estimate of drug-likeness (QED) is 0.563. The second kappa shape index (κ2) is 9.12. The number of benzene rings is 2. The van der Waals surface area contributed by atoms with Crippen LogP contribution in [0.3, 0.4) is 0 Å². The Morgan fingerprint density at radius 2 is 1.93 bits per heavy atom. The summed E-state index contributed by atoms with van der Waals surface area (Å²) in [7, 11) is 1.57. The van der Waals surface area contributed by atoms with Crippen LogP contribution in [0.25, 0.3) is 11.4 Å². The van der Waals surface area contributed by atoms with Crippen molar-refractivity contribution in [2.24, 2.45) is 0 Å². The molecule has 6 nitrogen and oxygen atoms in total. The number of aromatic nitrogens is 3. The third kappa shape index (κ3) is 4.48. The van der Waals surface area contributed by atoms with Gasteiger partial charge in [-0.25, -0.2) is 0 Å². The molecule has 0 saturated carbocycles. The maximum Gasteiger partial charge on any atom is 0.237 e. The van der Waals surface area contributed by atoms with E-state index in [1.165, 1.54) is 11.8 Å². The lowest BCUT2D eigenvalue weighted by molar-refractivity contribution is -0.115. The summed E-state index contributed by atoms with van der Waals surface area (Å²) in [6.07, 6.45) is 0. The second-order valence-corrected chi connectivity index (χ2v) is 7.75. The van der Waals surface area contributed by atoms with Gasteiger partial charge < -0.3 is 14.6 Å². The lowest BCUT2D eigenvalue weighted by Gasteiger charge is -2.14. The van der Waals surface area contributed by atoms with Gasteiger partial charge in [-0.3, -0.25) is 4.79 Å². The first-order valence-corrected chi connectivity index (χ1v) is 10.1. The standard InChI is InChI=1S/C20H21ClN4O2S/c1-4-25-18(14-9-11-15(21)12-10-14)23-24-20(25)28-13(2)19(26)22-16-7-5-6-8-17(16)27-3/h5-13H,4H2,1-3H3,(H,22,26). The normalized spacial score (nSPS) is 11.9. The average Bonchev–Trinajstić information content (AvgIpc) is 3.11. The fourth-order valence-corrected chi connectivity index (χ4v) is 3.71. The van der Waals surface area contributed by atoms with E-state index < -0.39 is 0 Å². The number of amides is 1. The van der Waals surface area contributed by atoms with Gasteiger partial charge in [0.15, 0.2) is 11.0 Å². The van der Waals surface area contributed by atoms with Crippen LogP contribution in [-0.4, -0.2) is 33.0 Å². The third-order valence-corrected chi connectivity index (χ3v) is 5.48. The smallest absolute Gasteiger partial charge is 0.237 e. The van der Waals surface area contributed by atoms with Gasteiger partial charge in [-0.1, -0.05) is 35.5 Å². The van der Waals surface area contributed by atoms with Crippen molar-refractivity contribution in [2.45, 2.75) is 30.8 Å². The molecule has 0 fully saturated rings. The number of carbonyl (C=O) groups is 1. The number of hydrogen-bond donors (Lipinski definition) is 1. The summed E-state index contributed by atoms with van der Waals surface area (Å²) in [4.78, 5) is 12.6. The van der Waals surface area contributed by atoms with Gasteiger partial charge in [-0.15, -0.1) is 10.2 Å². The van der Waals surface area contributed by atoms with Crippen LogP contribution in [0.4, 0.5) is 5.69 Å². The number of halogens is 1. The van der Waals surface area contributed by atoms with Gasteiger partial charge in [0, 0.05) is 17.1 Å². The Bertz CT molecular complexity index is 959. The number of rotatable bonds is 7. The number of anilines is 1. The highest BCUT2D eigenvalue weighted by atomic mass is 35.5. The Labute approximate surface area is 173 Å². The van der Waals surface area contributed by atoms with Gasteiger partial charge in [0.2, 0.25) is 5.91 Å². The van der Waals surface area contributed by atoms with Crippen LogP contribution in [0.5, 0.6) is 5.75 Å². The highest BCUT2D eigenvalue weighted by Gasteiger charge is 2.21. The first-order chi connectivity index (χ1) is 13.5. The zero-order chi connectivity index (χ0) is 20.1. The highest BCUT2D eigenvalue weighted by molar-refractivity contribution is 8.00. The number of methoxy groups -OCH3 is 1. The van der Waals surface area contributed by atoms with Crippen LogP contribution in [0.15, 0.2) is 53.7 Å². The molecule has 1 unspecified atom stereocenters. The Morgan fingerprint density at radius 3 is 2.61 bits per heavy atom. The maximum absolute atomic E-state index is 12.6. The molecule has 3 aromatic rings. The molecule has 0 radical (unpaired) electrons. The van der Waals surface area contributed by atoms with Crippen molar-refractivity contribution in [3.63, 3.8) is 0 Å². The molecule has 146 valence electrons. The maximum atomic E-state index is 12.6. The van der Waals surface area contributed by atoms with Crippen LogP contribution in [0, 0.1) is 0 Å². The van der Waals surface area contributed by atoms with E-state index >= 15 is 0 Å². The van der Waals surface area contributed by atoms with Crippen molar-refractivity contribution < 1.29 is 9.53 Å². The minimum atomic E-state index is -0.363. The summed E-state index contributed by atoms with van der Waals surface area (Å²) in [6, 6.07) is 14.8. The summed E-state index contributed by atoms with van der Waals surface area (Å²) in [5.41, 5.74) is 1.57. The van der Waals surface area contributed by atoms with Crippen LogP contribution in [0.2, 0.25) is 5.02 Å². The van der Waals surface area contributed by atoms with Gasteiger partial charge in [0.25, 0.3) is 0 Å². The van der Waals surface area contributed by atoms with E-state index in [2.05, 4.69) is 15.5 Å². The topological polar surface area (TPSA) is 69.0 Å². The average molecular weight is 417 g/mol. The Morgan fingerprint density at radius 1 is 1.21 bits per heavy atom. The minimum Gasteiger partial charge on any atom is -0.495 e. The van der Waals surface area contributed by atoms with Gasteiger partial charge in [0.05, 0.1) is 18.0 Å². The SMILES string of the molecule is CCn1c(SC(C)C(=O)Nc2ccccc2OC)nnc1-c1ccc(Cl)cc1. The molecule has 28 heavy (non-hydrogen) atoms. The fraction of sp³-hybridized carbons (Fsp3) is 0.250. The number of nitrogens with zero attached hydrogens (tertiary/aromatic N) is 3. The molecule has 0 saturated heterocycles. The third-order valence-electron chi connectivity index (χ3n) is 4.15. The fourth-order valence-electron chi connectivity index (χ4n) is 2.67. The second-order valence-electron chi connectivity index (χ2n) is 6.01. The van der Waals surface area contributed by atoms with E-state index in [9.17, 15) is 4.79 Å². The van der Waals surface area contributed by atoms with Crippen molar-refractivity contribution in [1.82, 2.24) is 14.8 Å². The summed E-state index contributed by atoms with van der Waals surface area (Å²) in [6.45, 7) is 4.55. The number of thioether (sulfide) groups is 1. The van der Waals surface area contributed by atoms with Crippen molar-refractivity contribution in [3.05, 3.63) is 53.6 Å². The first kappa shape index (κ1) is 20.2. The predicted molar refractivity (Wildman–Crippen MR) is 113 cm³/mol. The predicted octanol–water partition coefficient (Wildman–Crippen LogP) is 4.75. The lowest BCUT2D eigenvalue weighted by Crippen LogP contribution is -2.23. The Kier molecular flexibility index (Phi) is 6.59. The van der Waals surface area contributed by atoms with Crippen molar-refractivity contribution in [1.29, 1.82) is 0 Å². The molecule has 0 spiro atoms. The van der Waals surface area contributed by atoms with Gasteiger partial charge in [-0.2, -0.15) is 0 Å². The number of carbonyl (C=O) groups excluding carboxylic acids is 1. The monoisotopic (exact) mass is 416 g/mol. The lowest BCUT2D eigenvalue weighted by atomic mass is 10.2. The molecule has 0 bridgehead atoms. The number of ether oxygens (including phenoxy) is 1. The molecule has 1 aromatic heterocycles. The molecule has 3 rings (SSSR count). The van der Waals surface area contributed by atoms with Crippen LogP contribution in [0.1, 0.15) is 13.8 Å². The summed E-state index contributed by atoms with van der Waals surface area (Å²) in [5.74, 6) is 1.24. The molecule has 1 N–H and O–H groups in total. The number of hydrogen-bond acceptors (Lipinski definition) is 5. The summed E-state index contributed by atoms with van der Waals surface area (Å²) in [5, 5.41) is 12.5. The Balaban J connectivity index is 1.75. The zero-order valence-electron chi connectivity index (χ0n) is 15.8. The minimum absolute atomic E-state index is 0.131. The summed E-state index contributed by atoms with van der Waals surface area (Å²) >= 11 is 7.33. The zero-order valence-corrected chi connectivity index (χ0v) is 17.4. The van der Waals surface area contributed by atoms with Crippen LogP contribution < -0.4 is 10.1 Å². The molecule has 1 atom stereocenters. The molecule has 0 aliphatic carbocycles. The largest absolute Gasteiger partial charge is 0.495 e. The van der Waals surface area contributed by atoms with E-state index in [4.69, 9.17) is 16.3 Å². The van der Waals surface area contributed by atoms with Crippen LogP contribution in [-0.2, 0) is 11.3 Å². The molecule has 1 heterocycles. The molecule has 0 aliphatic rings. The van der Waals surface area contributed by atoms with Crippen LogP contribution >= 0.6 is 23.4 Å². The van der Waals surface area contributed by atoms with Gasteiger partial charge in [-0.05, 0) is 50.2 Å². The van der Waals surface area contributed by atoms with Gasteiger partial charge in [0.1, 0.15) is 5.75 Å². The van der Waals surface area contributed by atoms with E-state index in [0.717, 1.165) is 11.4 Å². The van der Waals surface area contributed by atoms with Crippen molar-refractivity contribution in [2.75, 3.05) is 12.4 Å². The summed E-state index contributed by atoms with van der Waals surface area (Å²) < 4.78 is 7.27. The first-order valence-electron chi connectivity index (χ1n) is 8.83. The van der Waals surface area contributed by atoms with Crippen molar-refractivity contribution in [3.8, 4) is 17.1 Å². The number of nitrogens with one attached hydrogen (secondary N) is 1. The van der Waals surface area contributed by atoms with E-state index in [1.54, 1.807) is 19.2 Å². The van der Waals surface area contributed by atoms with E-state index in [-0.39, 0.29) is 11.2 Å². The molecule has 1 amide bonds. The highest BCUT2D eigenvalue weighted by Crippen LogP contribution is 2.29.